The lowest BCUT2D eigenvalue weighted by molar-refractivity contribution is -0.136. The summed E-state index contributed by atoms with van der Waals surface area (Å²) in [6, 6.07) is 11.7. The number of anilines is 2. The van der Waals surface area contributed by atoms with Gasteiger partial charge in [-0.3, -0.25) is 9.59 Å². The topological polar surface area (TPSA) is 179 Å². The van der Waals surface area contributed by atoms with E-state index in [0.717, 1.165) is 11.1 Å². The number of nitrogens with zero attached hydrogens (tertiary/aromatic N) is 2. The Morgan fingerprint density at radius 2 is 1.87 bits per heavy atom. The Bertz CT molecular complexity index is 1360. The Morgan fingerprint density at radius 1 is 1.15 bits per heavy atom. The molecule has 3 rings (SSSR count). The van der Waals surface area contributed by atoms with Crippen molar-refractivity contribution in [1.82, 2.24) is 4.98 Å². The number of carboxylic acid groups (broad SMARTS) is 1. The van der Waals surface area contributed by atoms with Crippen LogP contribution in [0.3, 0.4) is 0 Å². The number of carbonyl (C=O) groups is 2. The number of rotatable bonds is 12. The van der Waals surface area contributed by atoms with Gasteiger partial charge in [-0.05, 0) is 85.8 Å². The average molecular weight is 536 g/mol. The Morgan fingerprint density at radius 3 is 2.49 bits per heavy atom. The third kappa shape index (κ3) is 7.92. The molecule has 0 radical (unpaired) electrons. The number of amidine groups is 1. The van der Waals surface area contributed by atoms with E-state index in [-0.39, 0.29) is 37.9 Å². The predicted molar refractivity (Wildman–Crippen MR) is 147 cm³/mol. The second kappa shape index (κ2) is 13.2. The largest absolute Gasteiger partial charge is 0.491 e. The van der Waals surface area contributed by atoms with E-state index in [1.165, 1.54) is 0 Å². The number of aryl methyl sites for hydroxylation is 1. The van der Waals surface area contributed by atoms with E-state index in [4.69, 9.17) is 15.7 Å². The zero-order chi connectivity index (χ0) is 28.5. The monoisotopic (exact) mass is 535 g/mol. The number of aromatic nitrogens is 1. The molecule has 0 saturated heterocycles. The summed E-state index contributed by atoms with van der Waals surface area (Å²) < 4.78 is 5.95. The van der Waals surface area contributed by atoms with Crippen LogP contribution in [0, 0.1) is 6.92 Å². The lowest BCUT2D eigenvalue weighted by Gasteiger charge is -2.20. The normalized spacial score (nSPS) is 11.4. The van der Waals surface area contributed by atoms with Gasteiger partial charge in [-0.2, -0.15) is 0 Å². The van der Waals surface area contributed by atoms with Crippen LogP contribution in [-0.2, 0) is 24.4 Å². The summed E-state index contributed by atoms with van der Waals surface area (Å²) >= 11 is 0. The summed E-state index contributed by atoms with van der Waals surface area (Å²) in [7, 11) is 0. The number of hydrogen-bond donors (Lipinski definition) is 6. The summed E-state index contributed by atoms with van der Waals surface area (Å²) in [5, 5.41) is 36.9. The third-order valence-corrected chi connectivity index (χ3v) is 5.76. The second-order valence-electron chi connectivity index (χ2n) is 9.23. The minimum atomic E-state index is -0.936. The first-order valence-corrected chi connectivity index (χ1v) is 12.3. The first-order valence-electron chi connectivity index (χ1n) is 12.3. The number of hydrogen-bond acceptors (Lipinski definition) is 8. The Kier molecular flexibility index (Phi) is 9.82. The summed E-state index contributed by atoms with van der Waals surface area (Å²) in [5.41, 5.74) is 9.74. The molecule has 0 unspecified atom stereocenters. The molecule has 0 aliphatic carbocycles. The van der Waals surface area contributed by atoms with Gasteiger partial charge in [-0.25, -0.2) is 4.98 Å². The molecular weight excluding hydrogens is 502 g/mol. The van der Waals surface area contributed by atoms with Gasteiger partial charge in [0.25, 0.3) is 5.91 Å². The molecule has 0 aliphatic heterocycles. The van der Waals surface area contributed by atoms with Gasteiger partial charge in [0, 0.05) is 30.4 Å². The second-order valence-corrected chi connectivity index (χ2v) is 9.23. The van der Waals surface area contributed by atoms with Crippen LogP contribution in [0.25, 0.3) is 0 Å². The molecule has 39 heavy (non-hydrogen) atoms. The molecule has 206 valence electrons. The number of nitrogens with two attached hydrogens (primary N) is 1. The van der Waals surface area contributed by atoms with Gasteiger partial charge < -0.3 is 36.5 Å². The Labute approximate surface area is 226 Å². The number of benzene rings is 2. The quantitative estimate of drug-likeness (QED) is 0.0873. The summed E-state index contributed by atoms with van der Waals surface area (Å²) in [4.78, 5) is 28.9. The van der Waals surface area contributed by atoms with E-state index in [1.807, 2.05) is 20.8 Å². The van der Waals surface area contributed by atoms with Gasteiger partial charge in [0.1, 0.15) is 11.6 Å². The number of pyridine rings is 1. The average Bonchev–Trinajstić information content (AvgIpc) is 2.90. The summed E-state index contributed by atoms with van der Waals surface area (Å²) in [5.74, 6) is -0.535. The minimum Gasteiger partial charge on any atom is -0.491 e. The van der Waals surface area contributed by atoms with Crippen molar-refractivity contribution in [1.29, 1.82) is 0 Å². The SMILES string of the molecule is Cc1cnc(NCc2cc(CO)cc(OC(C)C)c2CCC(=O)O)c(C(=O)Nc2ccc(/C(N)=N/O)cc2)c1. The van der Waals surface area contributed by atoms with Crippen LogP contribution >= 0.6 is 0 Å². The van der Waals surface area contributed by atoms with Crippen molar-refractivity contribution >= 4 is 29.2 Å². The lowest BCUT2D eigenvalue weighted by Crippen LogP contribution is -2.17. The number of nitrogens with one attached hydrogen (secondary N) is 2. The number of aliphatic hydroxyl groups excluding tert-OH is 1. The molecule has 0 spiro atoms. The Hall–Kier alpha value is -4.64. The van der Waals surface area contributed by atoms with E-state index in [0.29, 0.717) is 39.5 Å². The maximum atomic E-state index is 13.2. The van der Waals surface area contributed by atoms with Gasteiger partial charge in [0.05, 0.1) is 18.3 Å². The van der Waals surface area contributed by atoms with Gasteiger partial charge in [-0.15, -0.1) is 0 Å². The van der Waals surface area contributed by atoms with Crippen molar-refractivity contribution < 1.29 is 29.7 Å². The fourth-order valence-corrected chi connectivity index (χ4v) is 3.93. The van der Waals surface area contributed by atoms with E-state index < -0.39 is 11.9 Å². The van der Waals surface area contributed by atoms with Crippen LogP contribution in [0.15, 0.2) is 53.8 Å². The molecule has 0 atom stereocenters. The molecule has 0 aliphatic rings. The first-order chi connectivity index (χ1) is 18.6. The molecule has 2 aromatic carbocycles. The fourth-order valence-electron chi connectivity index (χ4n) is 3.93. The van der Waals surface area contributed by atoms with Crippen LogP contribution in [-0.4, -0.2) is 44.2 Å². The smallest absolute Gasteiger partial charge is 0.303 e. The highest BCUT2D eigenvalue weighted by molar-refractivity contribution is 6.07. The van der Waals surface area contributed by atoms with Crippen molar-refractivity contribution in [2.24, 2.45) is 10.9 Å². The van der Waals surface area contributed by atoms with E-state index in [9.17, 15) is 19.8 Å². The van der Waals surface area contributed by atoms with Crippen LogP contribution < -0.4 is 21.1 Å². The molecule has 1 heterocycles. The number of aliphatic hydroxyl groups is 1. The molecule has 3 aromatic rings. The number of carbonyl (C=O) groups excluding carboxylic acids is 1. The van der Waals surface area contributed by atoms with Gasteiger partial charge in [0.15, 0.2) is 5.84 Å². The molecule has 0 fully saturated rings. The molecule has 7 N–H and O–H groups in total. The zero-order valence-corrected chi connectivity index (χ0v) is 22.1. The van der Waals surface area contributed by atoms with Crippen LogP contribution in [0.2, 0.25) is 0 Å². The molecule has 11 nitrogen and oxygen atoms in total. The molecule has 0 saturated carbocycles. The van der Waals surface area contributed by atoms with Crippen molar-refractivity contribution in [3.63, 3.8) is 0 Å². The number of carboxylic acids is 1. The van der Waals surface area contributed by atoms with Crippen molar-refractivity contribution in [2.45, 2.75) is 52.9 Å². The van der Waals surface area contributed by atoms with Gasteiger partial charge in [-0.1, -0.05) is 11.2 Å². The number of aliphatic carboxylic acids is 1. The standard InChI is InChI=1S/C28H33N5O6/c1-16(2)39-24-12-18(15-34)11-20(22(24)8-9-25(35)36)14-31-27-23(10-17(3)13-30-27)28(37)32-21-6-4-19(5-7-21)26(29)33-38/h4-7,10-13,16,34,38H,8-9,14-15H2,1-3H3,(H2,29,33)(H,30,31)(H,32,37)(H,35,36). The highest BCUT2D eigenvalue weighted by Gasteiger charge is 2.18. The zero-order valence-electron chi connectivity index (χ0n) is 22.1. The van der Waals surface area contributed by atoms with E-state index in [1.54, 1.807) is 48.7 Å². The molecule has 1 aromatic heterocycles. The lowest BCUT2D eigenvalue weighted by atomic mass is 9.98. The molecule has 0 bridgehead atoms. The van der Waals surface area contributed by atoms with Gasteiger partial charge >= 0.3 is 5.97 Å². The number of ether oxygens (including phenoxy) is 1. The van der Waals surface area contributed by atoms with E-state index in [2.05, 4.69) is 20.8 Å². The summed E-state index contributed by atoms with van der Waals surface area (Å²) in [6.45, 7) is 5.56. The summed E-state index contributed by atoms with van der Waals surface area (Å²) in [6.07, 6.45) is 1.62. The molecule has 1 amide bonds. The van der Waals surface area contributed by atoms with Crippen molar-refractivity contribution in [2.75, 3.05) is 10.6 Å². The first kappa shape index (κ1) is 28.9. The maximum Gasteiger partial charge on any atom is 0.303 e. The third-order valence-electron chi connectivity index (χ3n) is 5.76. The van der Waals surface area contributed by atoms with E-state index >= 15 is 0 Å². The van der Waals surface area contributed by atoms with Crippen LogP contribution in [0.5, 0.6) is 5.75 Å². The fraction of sp³-hybridized carbons (Fsp3) is 0.286. The minimum absolute atomic E-state index is 0.0443. The maximum absolute atomic E-state index is 13.2. The Balaban J connectivity index is 1.89. The van der Waals surface area contributed by atoms with Gasteiger partial charge in [0.2, 0.25) is 0 Å². The van der Waals surface area contributed by atoms with Crippen LogP contribution in [0.4, 0.5) is 11.5 Å². The van der Waals surface area contributed by atoms with Crippen LogP contribution in [0.1, 0.15) is 58.4 Å². The predicted octanol–water partition coefficient (Wildman–Crippen LogP) is 3.65. The number of oxime groups is 1. The van der Waals surface area contributed by atoms with Crippen molar-refractivity contribution in [3.05, 3.63) is 82.0 Å². The highest BCUT2D eigenvalue weighted by atomic mass is 16.5. The van der Waals surface area contributed by atoms with Crippen molar-refractivity contribution in [3.8, 4) is 5.75 Å². The molecular formula is C28H33N5O6. The molecule has 11 heteroatoms. The number of amides is 1. The highest BCUT2D eigenvalue weighted by Crippen LogP contribution is 2.29.